The second-order valence-corrected chi connectivity index (χ2v) is 4.89. The van der Waals surface area contributed by atoms with Gasteiger partial charge in [0.25, 0.3) is 5.91 Å². The Balaban J connectivity index is 2.76. The standard InChI is InChI=1S/C11H11BrClNO3/c1-6(4-10(15)16)14-11(17)8-5-7(13)2-3-9(8)12/h2-3,5-6H,4H2,1H3,(H,14,17)(H,15,16). The van der Waals surface area contributed by atoms with Crippen molar-refractivity contribution in [3.63, 3.8) is 0 Å². The molecule has 1 aromatic carbocycles. The molecule has 0 fully saturated rings. The number of benzene rings is 1. The minimum absolute atomic E-state index is 0.121. The number of nitrogens with one attached hydrogen (secondary N) is 1. The molecular weight excluding hydrogens is 309 g/mol. The van der Waals surface area contributed by atoms with Gasteiger partial charge in [-0.1, -0.05) is 11.6 Å². The van der Waals surface area contributed by atoms with Gasteiger partial charge < -0.3 is 10.4 Å². The molecule has 1 atom stereocenters. The number of hydrogen-bond acceptors (Lipinski definition) is 2. The zero-order chi connectivity index (χ0) is 13.0. The molecule has 17 heavy (non-hydrogen) atoms. The van der Waals surface area contributed by atoms with E-state index in [4.69, 9.17) is 16.7 Å². The summed E-state index contributed by atoms with van der Waals surface area (Å²) in [5, 5.41) is 11.6. The van der Waals surface area contributed by atoms with E-state index in [0.29, 0.717) is 15.1 Å². The molecule has 0 heterocycles. The first-order chi connectivity index (χ1) is 7.90. The average molecular weight is 321 g/mol. The molecule has 1 unspecified atom stereocenters. The summed E-state index contributed by atoms with van der Waals surface area (Å²) >= 11 is 9.02. The van der Waals surface area contributed by atoms with Crippen molar-refractivity contribution in [3.05, 3.63) is 33.3 Å². The number of carbonyl (C=O) groups is 2. The predicted molar refractivity (Wildman–Crippen MR) is 68.3 cm³/mol. The van der Waals surface area contributed by atoms with E-state index in [1.165, 1.54) is 6.07 Å². The van der Waals surface area contributed by atoms with E-state index in [0.717, 1.165) is 0 Å². The lowest BCUT2D eigenvalue weighted by Gasteiger charge is -2.12. The van der Waals surface area contributed by atoms with E-state index in [1.807, 2.05) is 0 Å². The Kier molecular flexibility index (Phi) is 4.96. The van der Waals surface area contributed by atoms with Gasteiger partial charge in [-0.25, -0.2) is 0 Å². The van der Waals surface area contributed by atoms with Crippen LogP contribution in [0.3, 0.4) is 0 Å². The first kappa shape index (κ1) is 14.0. The Hall–Kier alpha value is -1.07. The maximum absolute atomic E-state index is 11.8. The maximum atomic E-state index is 11.8. The van der Waals surface area contributed by atoms with Crippen LogP contribution < -0.4 is 5.32 Å². The van der Waals surface area contributed by atoms with E-state index in [1.54, 1.807) is 19.1 Å². The molecule has 0 spiro atoms. The van der Waals surface area contributed by atoms with Gasteiger partial charge in [0, 0.05) is 15.5 Å². The number of halogens is 2. The van der Waals surface area contributed by atoms with Crippen molar-refractivity contribution >= 4 is 39.4 Å². The molecule has 0 saturated carbocycles. The molecule has 0 saturated heterocycles. The number of hydrogen-bond donors (Lipinski definition) is 2. The molecule has 1 aromatic rings. The van der Waals surface area contributed by atoms with Crippen LogP contribution in [0.5, 0.6) is 0 Å². The zero-order valence-corrected chi connectivity index (χ0v) is 11.4. The Morgan fingerprint density at radius 1 is 1.53 bits per heavy atom. The van der Waals surface area contributed by atoms with Crippen molar-refractivity contribution in [1.82, 2.24) is 5.32 Å². The lowest BCUT2D eigenvalue weighted by molar-refractivity contribution is -0.137. The highest BCUT2D eigenvalue weighted by Crippen LogP contribution is 2.21. The second-order valence-electron chi connectivity index (χ2n) is 3.60. The quantitative estimate of drug-likeness (QED) is 0.896. The van der Waals surface area contributed by atoms with E-state index in [2.05, 4.69) is 21.2 Å². The molecule has 1 rings (SSSR count). The van der Waals surface area contributed by atoms with Gasteiger partial charge in [0.1, 0.15) is 0 Å². The van der Waals surface area contributed by atoms with Crippen molar-refractivity contribution < 1.29 is 14.7 Å². The van der Waals surface area contributed by atoms with E-state index < -0.39 is 12.0 Å². The Morgan fingerprint density at radius 2 is 2.18 bits per heavy atom. The second kappa shape index (κ2) is 6.02. The summed E-state index contributed by atoms with van der Waals surface area (Å²) < 4.78 is 0.613. The largest absolute Gasteiger partial charge is 0.481 e. The minimum atomic E-state index is -0.956. The molecule has 0 aromatic heterocycles. The SMILES string of the molecule is CC(CC(=O)O)NC(=O)c1cc(Cl)ccc1Br. The summed E-state index contributed by atoms with van der Waals surface area (Å²) in [7, 11) is 0. The molecule has 4 nitrogen and oxygen atoms in total. The number of carboxylic acid groups (broad SMARTS) is 1. The first-order valence-electron chi connectivity index (χ1n) is 4.88. The van der Waals surface area contributed by atoms with E-state index in [9.17, 15) is 9.59 Å². The van der Waals surface area contributed by atoms with Crippen LogP contribution in [0.1, 0.15) is 23.7 Å². The van der Waals surface area contributed by atoms with Crippen molar-refractivity contribution in [2.24, 2.45) is 0 Å². The molecule has 2 N–H and O–H groups in total. The summed E-state index contributed by atoms with van der Waals surface area (Å²) in [6.45, 7) is 1.63. The first-order valence-corrected chi connectivity index (χ1v) is 6.05. The van der Waals surface area contributed by atoms with Crippen LogP contribution in [0.2, 0.25) is 5.02 Å². The molecule has 0 radical (unpaired) electrons. The van der Waals surface area contributed by atoms with Gasteiger partial charge in [-0.15, -0.1) is 0 Å². The molecule has 0 aliphatic rings. The normalized spacial score (nSPS) is 11.9. The van der Waals surface area contributed by atoms with Gasteiger partial charge in [0.15, 0.2) is 0 Å². The molecule has 0 aliphatic carbocycles. The van der Waals surface area contributed by atoms with Gasteiger partial charge >= 0.3 is 5.97 Å². The molecule has 92 valence electrons. The fourth-order valence-electron chi connectivity index (χ4n) is 1.29. The molecule has 1 amide bonds. The summed E-state index contributed by atoms with van der Waals surface area (Å²) in [5.74, 6) is -1.31. The van der Waals surface area contributed by atoms with Crippen LogP contribution in [0.4, 0.5) is 0 Å². The van der Waals surface area contributed by atoms with Crippen LogP contribution >= 0.6 is 27.5 Å². The van der Waals surface area contributed by atoms with Crippen LogP contribution in [0, 0.1) is 0 Å². The maximum Gasteiger partial charge on any atom is 0.305 e. The van der Waals surface area contributed by atoms with Crippen molar-refractivity contribution in [1.29, 1.82) is 0 Å². The predicted octanol–water partition coefficient (Wildman–Crippen LogP) is 2.70. The van der Waals surface area contributed by atoms with Crippen LogP contribution in [-0.2, 0) is 4.79 Å². The lowest BCUT2D eigenvalue weighted by Crippen LogP contribution is -2.34. The van der Waals surface area contributed by atoms with Crippen molar-refractivity contribution in [2.45, 2.75) is 19.4 Å². The van der Waals surface area contributed by atoms with Crippen molar-refractivity contribution in [3.8, 4) is 0 Å². The third-order valence-corrected chi connectivity index (χ3v) is 2.96. The van der Waals surface area contributed by atoms with Crippen molar-refractivity contribution in [2.75, 3.05) is 0 Å². The molecule has 6 heteroatoms. The summed E-state index contributed by atoms with van der Waals surface area (Å²) in [5.41, 5.74) is 0.384. The summed E-state index contributed by atoms with van der Waals surface area (Å²) in [4.78, 5) is 22.3. The highest BCUT2D eigenvalue weighted by Gasteiger charge is 2.15. The number of rotatable bonds is 4. The third kappa shape index (κ3) is 4.36. The van der Waals surface area contributed by atoms with Gasteiger partial charge in [-0.2, -0.15) is 0 Å². The highest BCUT2D eigenvalue weighted by molar-refractivity contribution is 9.10. The topological polar surface area (TPSA) is 66.4 Å². The smallest absolute Gasteiger partial charge is 0.305 e. The molecular formula is C11H11BrClNO3. The van der Waals surface area contributed by atoms with Gasteiger partial charge in [-0.05, 0) is 41.1 Å². The molecule has 0 bridgehead atoms. The van der Waals surface area contributed by atoms with E-state index in [-0.39, 0.29) is 12.3 Å². The number of carboxylic acids is 1. The van der Waals surface area contributed by atoms with Gasteiger partial charge in [-0.3, -0.25) is 9.59 Å². The fraction of sp³-hybridized carbons (Fsp3) is 0.273. The summed E-state index contributed by atoms with van der Waals surface area (Å²) in [6.07, 6.45) is -0.121. The summed E-state index contributed by atoms with van der Waals surface area (Å²) in [6, 6.07) is 4.40. The highest BCUT2D eigenvalue weighted by atomic mass is 79.9. The molecule has 0 aliphatic heterocycles. The lowest BCUT2D eigenvalue weighted by atomic mass is 10.2. The van der Waals surface area contributed by atoms with Gasteiger partial charge in [0.2, 0.25) is 0 Å². The number of carbonyl (C=O) groups excluding carboxylic acids is 1. The average Bonchev–Trinajstić information content (AvgIpc) is 2.20. The monoisotopic (exact) mass is 319 g/mol. The minimum Gasteiger partial charge on any atom is -0.481 e. The number of amides is 1. The van der Waals surface area contributed by atoms with Crippen LogP contribution in [-0.4, -0.2) is 23.0 Å². The van der Waals surface area contributed by atoms with Gasteiger partial charge in [0.05, 0.1) is 12.0 Å². The van der Waals surface area contributed by atoms with Crippen LogP contribution in [0.25, 0.3) is 0 Å². The van der Waals surface area contributed by atoms with Crippen LogP contribution in [0.15, 0.2) is 22.7 Å². The Bertz CT molecular complexity index is 450. The number of aliphatic carboxylic acids is 1. The Morgan fingerprint density at radius 3 is 2.76 bits per heavy atom. The van der Waals surface area contributed by atoms with E-state index >= 15 is 0 Å². The Labute approximate surface area is 112 Å². The zero-order valence-electron chi connectivity index (χ0n) is 9.04. The third-order valence-electron chi connectivity index (χ3n) is 2.03. The fourth-order valence-corrected chi connectivity index (χ4v) is 1.88.